The Morgan fingerprint density at radius 2 is 1.92 bits per heavy atom. The Bertz CT molecular complexity index is 309. The molecule has 0 unspecified atom stereocenters. The molecule has 0 spiro atoms. The molecule has 0 aromatic heterocycles. The maximum Gasteiger partial charge on any atom is 0.130 e. The monoisotopic (exact) mass is 175 g/mol. The van der Waals surface area contributed by atoms with Gasteiger partial charge in [0.2, 0.25) is 0 Å². The van der Waals surface area contributed by atoms with Crippen LogP contribution in [0.1, 0.15) is 20.3 Å². The smallest absolute Gasteiger partial charge is 0.130 e. The number of likely N-dealkylation sites (N-methyl/N-ethyl adjacent to an activating group) is 1. The fraction of sp³-hybridized carbons (Fsp3) is 0.600. The van der Waals surface area contributed by atoms with E-state index in [1.165, 1.54) is 0 Å². The summed E-state index contributed by atoms with van der Waals surface area (Å²) < 4.78 is 0. The van der Waals surface area contributed by atoms with Crippen LogP contribution in [0.15, 0.2) is 11.1 Å². The molecule has 0 bridgehead atoms. The topological polar surface area (TPSA) is 50.8 Å². The average Bonchev–Trinajstić information content (AvgIpc) is 2.34. The predicted molar refractivity (Wildman–Crippen MR) is 49.6 cm³/mol. The van der Waals surface area contributed by atoms with Crippen molar-refractivity contribution in [1.82, 2.24) is 4.90 Å². The molecule has 0 N–H and O–H groups in total. The highest BCUT2D eigenvalue weighted by atomic mass is 15.2. The Morgan fingerprint density at radius 1 is 1.38 bits per heavy atom. The summed E-state index contributed by atoms with van der Waals surface area (Å²) in [6, 6.07) is 3.92. The van der Waals surface area contributed by atoms with Crippen LogP contribution in [-0.4, -0.2) is 24.0 Å². The largest absolute Gasteiger partial charge is 0.297 e. The van der Waals surface area contributed by atoms with Crippen LogP contribution in [0, 0.1) is 22.7 Å². The first-order valence-electron chi connectivity index (χ1n) is 4.29. The van der Waals surface area contributed by atoms with Gasteiger partial charge in [-0.3, -0.25) is 4.90 Å². The Morgan fingerprint density at radius 3 is 2.23 bits per heavy atom. The second-order valence-electron chi connectivity index (χ2n) is 3.81. The van der Waals surface area contributed by atoms with Gasteiger partial charge in [0.25, 0.3) is 0 Å². The van der Waals surface area contributed by atoms with E-state index in [4.69, 9.17) is 10.5 Å². The van der Waals surface area contributed by atoms with Gasteiger partial charge in [0, 0.05) is 12.1 Å². The predicted octanol–water partition coefficient (Wildman–Crippen LogP) is 1.44. The van der Waals surface area contributed by atoms with Gasteiger partial charge < -0.3 is 0 Å². The molecule has 13 heavy (non-hydrogen) atoms. The summed E-state index contributed by atoms with van der Waals surface area (Å²) in [7, 11) is 2.01. The second-order valence-corrected chi connectivity index (χ2v) is 3.81. The molecule has 0 aromatic rings. The number of nitriles is 2. The summed E-state index contributed by atoms with van der Waals surface area (Å²) in [6.07, 6.45) is 0.833. The number of hydrogen-bond donors (Lipinski definition) is 0. The van der Waals surface area contributed by atoms with Crippen LogP contribution >= 0.6 is 0 Å². The molecule has 0 aliphatic carbocycles. The van der Waals surface area contributed by atoms with E-state index in [-0.39, 0.29) is 11.1 Å². The van der Waals surface area contributed by atoms with Gasteiger partial charge in [0.15, 0.2) is 0 Å². The maximum absolute atomic E-state index is 8.76. The molecule has 68 valence electrons. The molecule has 1 saturated heterocycles. The van der Waals surface area contributed by atoms with E-state index in [9.17, 15) is 0 Å². The van der Waals surface area contributed by atoms with Gasteiger partial charge in [0.05, 0.1) is 0 Å². The molecule has 0 atom stereocenters. The third-order valence-corrected chi connectivity index (χ3v) is 2.92. The normalized spacial score (nSPS) is 20.8. The van der Waals surface area contributed by atoms with Gasteiger partial charge in [-0.1, -0.05) is 0 Å². The summed E-state index contributed by atoms with van der Waals surface area (Å²) in [5, 5.41) is 17.5. The molecule has 1 aliphatic heterocycles. The minimum atomic E-state index is -0.138. The molecule has 1 fully saturated rings. The first-order chi connectivity index (χ1) is 6.04. The lowest BCUT2D eigenvalue weighted by atomic mass is 9.91. The fourth-order valence-corrected chi connectivity index (χ4v) is 1.69. The SMILES string of the molecule is CN1CCC(=C(C#N)C#N)C1(C)C. The third kappa shape index (κ3) is 1.43. The Balaban J connectivity index is 3.18. The number of rotatable bonds is 0. The van der Waals surface area contributed by atoms with Crippen molar-refractivity contribution in [2.45, 2.75) is 25.8 Å². The molecule has 1 rings (SSSR count). The quantitative estimate of drug-likeness (QED) is 0.523. The Labute approximate surface area is 78.9 Å². The molecular weight excluding hydrogens is 162 g/mol. The van der Waals surface area contributed by atoms with E-state index in [0.717, 1.165) is 18.5 Å². The zero-order valence-corrected chi connectivity index (χ0v) is 8.26. The van der Waals surface area contributed by atoms with Gasteiger partial charge in [-0.15, -0.1) is 0 Å². The lowest BCUT2D eigenvalue weighted by Crippen LogP contribution is -2.36. The van der Waals surface area contributed by atoms with E-state index in [2.05, 4.69) is 4.90 Å². The zero-order chi connectivity index (χ0) is 10.1. The standard InChI is InChI=1S/C10H13N3/c1-10(2)9(4-5-13(10)3)8(6-11)7-12/h4-5H2,1-3H3. The van der Waals surface area contributed by atoms with Crippen molar-refractivity contribution in [2.75, 3.05) is 13.6 Å². The van der Waals surface area contributed by atoms with Gasteiger partial charge in [-0.2, -0.15) is 10.5 Å². The van der Waals surface area contributed by atoms with Gasteiger partial charge in [-0.05, 0) is 32.9 Å². The molecule has 0 amide bonds. The minimum Gasteiger partial charge on any atom is -0.297 e. The molecule has 3 heteroatoms. The first-order valence-corrected chi connectivity index (χ1v) is 4.29. The van der Waals surface area contributed by atoms with E-state index in [1.54, 1.807) is 0 Å². The lowest BCUT2D eigenvalue weighted by molar-refractivity contribution is 0.245. The molecule has 1 heterocycles. The van der Waals surface area contributed by atoms with Crippen LogP contribution in [0.5, 0.6) is 0 Å². The highest BCUT2D eigenvalue weighted by Gasteiger charge is 2.36. The van der Waals surface area contributed by atoms with E-state index < -0.39 is 0 Å². The molecule has 0 radical (unpaired) electrons. The van der Waals surface area contributed by atoms with Crippen molar-refractivity contribution in [1.29, 1.82) is 10.5 Å². The van der Waals surface area contributed by atoms with Crippen LogP contribution in [0.25, 0.3) is 0 Å². The van der Waals surface area contributed by atoms with Gasteiger partial charge in [0.1, 0.15) is 17.7 Å². The minimum absolute atomic E-state index is 0.138. The summed E-state index contributed by atoms with van der Waals surface area (Å²) in [4.78, 5) is 2.16. The van der Waals surface area contributed by atoms with Crippen molar-refractivity contribution in [3.05, 3.63) is 11.1 Å². The number of nitrogens with zero attached hydrogens (tertiary/aromatic N) is 3. The highest BCUT2D eigenvalue weighted by molar-refractivity contribution is 5.45. The number of likely N-dealkylation sites (tertiary alicyclic amines) is 1. The Kier molecular flexibility index (Phi) is 2.40. The van der Waals surface area contributed by atoms with Gasteiger partial charge >= 0.3 is 0 Å². The summed E-state index contributed by atoms with van der Waals surface area (Å²) in [5.41, 5.74) is 1.12. The molecular formula is C10H13N3. The summed E-state index contributed by atoms with van der Waals surface area (Å²) in [5.74, 6) is 0. The van der Waals surface area contributed by atoms with Crippen molar-refractivity contribution in [3.8, 4) is 12.1 Å². The number of allylic oxidation sites excluding steroid dienone is 1. The fourth-order valence-electron chi connectivity index (χ4n) is 1.69. The van der Waals surface area contributed by atoms with Crippen LogP contribution in [0.3, 0.4) is 0 Å². The van der Waals surface area contributed by atoms with Gasteiger partial charge in [-0.25, -0.2) is 0 Å². The van der Waals surface area contributed by atoms with Crippen LogP contribution in [0.4, 0.5) is 0 Å². The van der Waals surface area contributed by atoms with Crippen LogP contribution < -0.4 is 0 Å². The van der Waals surface area contributed by atoms with Crippen molar-refractivity contribution >= 4 is 0 Å². The molecule has 3 nitrogen and oxygen atoms in total. The molecule has 0 saturated carbocycles. The van der Waals surface area contributed by atoms with Crippen molar-refractivity contribution in [3.63, 3.8) is 0 Å². The number of hydrogen-bond acceptors (Lipinski definition) is 3. The van der Waals surface area contributed by atoms with Crippen LogP contribution in [-0.2, 0) is 0 Å². The zero-order valence-electron chi connectivity index (χ0n) is 8.26. The summed E-state index contributed by atoms with van der Waals surface area (Å²) in [6.45, 7) is 5.02. The van der Waals surface area contributed by atoms with Crippen LogP contribution in [0.2, 0.25) is 0 Å². The molecule has 1 aliphatic rings. The van der Waals surface area contributed by atoms with E-state index in [0.29, 0.717) is 0 Å². The maximum atomic E-state index is 8.76. The van der Waals surface area contributed by atoms with E-state index >= 15 is 0 Å². The average molecular weight is 175 g/mol. The second kappa shape index (κ2) is 3.20. The van der Waals surface area contributed by atoms with Crippen molar-refractivity contribution in [2.24, 2.45) is 0 Å². The third-order valence-electron chi connectivity index (χ3n) is 2.92. The van der Waals surface area contributed by atoms with E-state index in [1.807, 2.05) is 33.0 Å². The first kappa shape index (κ1) is 9.77. The summed E-state index contributed by atoms with van der Waals surface area (Å²) >= 11 is 0. The van der Waals surface area contributed by atoms with Crippen molar-refractivity contribution < 1.29 is 0 Å². The lowest BCUT2D eigenvalue weighted by Gasteiger charge is -2.28. The molecule has 0 aromatic carbocycles. The Hall–Kier alpha value is -1.32. The highest BCUT2D eigenvalue weighted by Crippen LogP contribution is 2.34.